The number of halogens is 1. The molecule has 0 unspecified atom stereocenters. The Bertz CT molecular complexity index is 876. The summed E-state index contributed by atoms with van der Waals surface area (Å²) in [7, 11) is -1.70. The number of rotatable bonds is 5. The molecule has 7 heteroatoms. The Kier molecular flexibility index (Phi) is 4.76. The Balaban J connectivity index is 1.84. The first kappa shape index (κ1) is 17.4. The van der Waals surface area contributed by atoms with Gasteiger partial charge in [0.25, 0.3) is 0 Å². The van der Waals surface area contributed by atoms with Crippen LogP contribution in [0.1, 0.15) is 17.2 Å². The van der Waals surface area contributed by atoms with Gasteiger partial charge in [0.05, 0.1) is 12.0 Å². The fraction of sp³-hybridized carbons (Fsp3) is 0.278. The molecule has 0 bridgehead atoms. The second-order valence-corrected chi connectivity index (χ2v) is 7.78. The standard InChI is InChI=1S/C18H18FNO4S/c1-23-14-7-3-13(4-8-14)18-20-16(11-19)17(24-18)12-5-9-15(10-6-12)25(2,21)22/h3-10,16-17H,11H2,1-2H3/t16-,17-/m1/s1. The molecule has 1 aliphatic rings. The van der Waals surface area contributed by atoms with Crippen molar-refractivity contribution in [3.63, 3.8) is 0 Å². The van der Waals surface area contributed by atoms with Gasteiger partial charge >= 0.3 is 0 Å². The van der Waals surface area contributed by atoms with E-state index in [1.807, 2.05) is 0 Å². The van der Waals surface area contributed by atoms with Crippen molar-refractivity contribution in [2.45, 2.75) is 17.0 Å². The third-order valence-electron chi connectivity index (χ3n) is 4.00. The molecule has 0 radical (unpaired) electrons. The van der Waals surface area contributed by atoms with Gasteiger partial charge in [0, 0.05) is 11.8 Å². The number of ether oxygens (including phenoxy) is 2. The van der Waals surface area contributed by atoms with E-state index in [0.29, 0.717) is 17.2 Å². The van der Waals surface area contributed by atoms with E-state index in [9.17, 15) is 12.8 Å². The van der Waals surface area contributed by atoms with Crippen molar-refractivity contribution in [3.05, 3.63) is 59.7 Å². The lowest BCUT2D eigenvalue weighted by Crippen LogP contribution is -2.16. The van der Waals surface area contributed by atoms with Crippen LogP contribution in [0.3, 0.4) is 0 Å². The third kappa shape index (κ3) is 3.66. The van der Waals surface area contributed by atoms with Crippen LogP contribution in [-0.4, -0.2) is 40.4 Å². The highest BCUT2D eigenvalue weighted by Crippen LogP contribution is 2.32. The molecule has 2 aromatic carbocycles. The second kappa shape index (κ2) is 6.84. The maximum atomic E-state index is 13.4. The summed E-state index contributed by atoms with van der Waals surface area (Å²) in [6.07, 6.45) is 0.555. The number of aliphatic imine (C=N–C) groups is 1. The van der Waals surface area contributed by atoms with Gasteiger partial charge in [-0.25, -0.2) is 17.8 Å². The van der Waals surface area contributed by atoms with Crippen molar-refractivity contribution >= 4 is 15.7 Å². The zero-order valence-electron chi connectivity index (χ0n) is 13.8. The smallest absolute Gasteiger partial charge is 0.217 e. The average molecular weight is 363 g/mol. The molecular weight excluding hydrogens is 345 g/mol. The first-order valence-corrected chi connectivity index (χ1v) is 9.56. The minimum absolute atomic E-state index is 0.211. The van der Waals surface area contributed by atoms with E-state index in [1.54, 1.807) is 43.5 Å². The number of hydrogen-bond donors (Lipinski definition) is 0. The van der Waals surface area contributed by atoms with Crippen LogP contribution in [0.25, 0.3) is 0 Å². The summed E-state index contributed by atoms with van der Waals surface area (Å²) < 4.78 is 47.5. The lowest BCUT2D eigenvalue weighted by Gasteiger charge is -2.16. The first-order valence-electron chi connectivity index (χ1n) is 7.67. The van der Waals surface area contributed by atoms with E-state index < -0.39 is 28.7 Å². The van der Waals surface area contributed by atoms with Crippen LogP contribution in [0, 0.1) is 0 Å². The van der Waals surface area contributed by atoms with Crippen LogP contribution < -0.4 is 4.74 Å². The summed E-state index contributed by atoms with van der Waals surface area (Å²) in [4.78, 5) is 4.53. The number of benzene rings is 2. The van der Waals surface area contributed by atoms with Gasteiger partial charge < -0.3 is 9.47 Å². The Morgan fingerprint density at radius 1 is 1.12 bits per heavy atom. The SMILES string of the molecule is COc1ccc(C2=N[C@H](CF)[C@@H](c3ccc(S(C)(=O)=O)cc3)O2)cc1. The van der Waals surface area contributed by atoms with Crippen molar-refractivity contribution in [1.82, 2.24) is 0 Å². The molecule has 132 valence electrons. The van der Waals surface area contributed by atoms with Gasteiger partial charge in [-0.05, 0) is 42.0 Å². The van der Waals surface area contributed by atoms with E-state index in [4.69, 9.17) is 9.47 Å². The zero-order chi connectivity index (χ0) is 18.0. The minimum Gasteiger partial charge on any atom is -0.497 e. The van der Waals surface area contributed by atoms with E-state index in [0.717, 1.165) is 11.8 Å². The molecule has 0 fully saturated rings. The van der Waals surface area contributed by atoms with Crippen molar-refractivity contribution in [3.8, 4) is 5.75 Å². The number of alkyl halides is 1. The molecular formula is C18H18FNO4S. The topological polar surface area (TPSA) is 65.0 Å². The molecule has 25 heavy (non-hydrogen) atoms. The molecule has 3 rings (SSSR count). The molecule has 1 aliphatic heterocycles. The highest BCUT2D eigenvalue weighted by atomic mass is 32.2. The maximum Gasteiger partial charge on any atom is 0.217 e. The van der Waals surface area contributed by atoms with Crippen LogP contribution in [0.4, 0.5) is 4.39 Å². The van der Waals surface area contributed by atoms with Gasteiger partial charge in [-0.2, -0.15) is 0 Å². The van der Waals surface area contributed by atoms with E-state index in [2.05, 4.69) is 4.99 Å². The van der Waals surface area contributed by atoms with Gasteiger partial charge in [-0.1, -0.05) is 12.1 Å². The predicted molar refractivity (Wildman–Crippen MR) is 92.7 cm³/mol. The quantitative estimate of drug-likeness (QED) is 0.819. The van der Waals surface area contributed by atoms with Crippen molar-refractivity contribution in [1.29, 1.82) is 0 Å². The molecule has 2 aromatic rings. The molecule has 0 saturated heterocycles. The fourth-order valence-electron chi connectivity index (χ4n) is 2.63. The van der Waals surface area contributed by atoms with E-state index in [-0.39, 0.29) is 4.90 Å². The van der Waals surface area contributed by atoms with Crippen molar-refractivity contribution < 1.29 is 22.3 Å². The monoisotopic (exact) mass is 363 g/mol. The molecule has 0 aliphatic carbocycles. The number of methoxy groups -OCH3 is 1. The van der Waals surface area contributed by atoms with Gasteiger partial charge in [0.15, 0.2) is 15.9 Å². The number of hydrogen-bond acceptors (Lipinski definition) is 5. The zero-order valence-corrected chi connectivity index (χ0v) is 14.7. The van der Waals surface area contributed by atoms with Crippen LogP contribution in [0.2, 0.25) is 0 Å². The summed E-state index contributed by atoms with van der Waals surface area (Å²) in [6, 6.07) is 12.7. The fourth-order valence-corrected chi connectivity index (χ4v) is 3.26. The number of nitrogens with zero attached hydrogens (tertiary/aromatic N) is 1. The Labute approximate surface area is 146 Å². The van der Waals surface area contributed by atoms with E-state index >= 15 is 0 Å². The Morgan fingerprint density at radius 3 is 2.28 bits per heavy atom. The highest BCUT2D eigenvalue weighted by Gasteiger charge is 2.33. The number of sulfone groups is 1. The molecule has 0 spiro atoms. The van der Waals surface area contributed by atoms with Crippen molar-refractivity contribution in [2.75, 3.05) is 20.0 Å². The van der Waals surface area contributed by atoms with Crippen LogP contribution >= 0.6 is 0 Å². The highest BCUT2D eigenvalue weighted by molar-refractivity contribution is 7.90. The maximum absolute atomic E-state index is 13.4. The molecule has 0 saturated carbocycles. The van der Waals surface area contributed by atoms with Gasteiger partial charge in [-0.15, -0.1) is 0 Å². The summed E-state index contributed by atoms with van der Waals surface area (Å²) in [5, 5.41) is 0. The van der Waals surface area contributed by atoms with Crippen LogP contribution in [-0.2, 0) is 14.6 Å². The predicted octanol–water partition coefficient (Wildman–Crippen LogP) is 2.95. The average Bonchev–Trinajstić information content (AvgIpc) is 3.05. The molecule has 2 atom stereocenters. The molecule has 0 N–H and O–H groups in total. The molecule has 0 amide bonds. The van der Waals surface area contributed by atoms with Crippen molar-refractivity contribution in [2.24, 2.45) is 4.99 Å². The lowest BCUT2D eigenvalue weighted by atomic mass is 10.0. The summed E-state index contributed by atoms with van der Waals surface area (Å²) >= 11 is 0. The van der Waals surface area contributed by atoms with Gasteiger partial charge in [-0.3, -0.25) is 0 Å². The van der Waals surface area contributed by atoms with Crippen LogP contribution in [0.5, 0.6) is 5.75 Å². The lowest BCUT2D eigenvalue weighted by molar-refractivity contribution is 0.180. The first-order chi connectivity index (χ1) is 11.9. The molecule has 5 nitrogen and oxygen atoms in total. The minimum atomic E-state index is -3.28. The van der Waals surface area contributed by atoms with E-state index in [1.165, 1.54) is 12.1 Å². The largest absolute Gasteiger partial charge is 0.497 e. The van der Waals surface area contributed by atoms with Gasteiger partial charge in [0.2, 0.25) is 5.90 Å². The Hall–Kier alpha value is -2.41. The van der Waals surface area contributed by atoms with Crippen LogP contribution in [0.15, 0.2) is 58.4 Å². The second-order valence-electron chi connectivity index (χ2n) is 5.76. The molecule has 1 heterocycles. The summed E-state index contributed by atoms with van der Waals surface area (Å²) in [5.74, 6) is 1.07. The summed E-state index contributed by atoms with van der Waals surface area (Å²) in [5.41, 5.74) is 1.41. The van der Waals surface area contributed by atoms with Gasteiger partial charge in [0.1, 0.15) is 18.5 Å². The molecule has 0 aromatic heterocycles. The Morgan fingerprint density at radius 2 is 1.76 bits per heavy atom. The normalized spacial score (nSPS) is 20.0. The third-order valence-corrected chi connectivity index (χ3v) is 5.13. The summed E-state index contributed by atoms with van der Waals surface area (Å²) in [6.45, 7) is -0.669.